The molecule has 25 heavy (non-hydrogen) atoms. The lowest BCUT2D eigenvalue weighted by Gasteiger charge is -2.15. The summed E-state index contributed by atoms with van der Waals surface area (Å²) in [4.78, 5) is 12.9. The van der Waals surface area contributed by atoms with Crippen LogP contribution in [-0.4, -0.2) is 5.78 Å². The van der Waals surface area contributed by atoms with Crippen molar-refractivity contribution in [3.05, 3.63) is 105 Å². The van der Waals surface area contributed by atoms with Gasteiger partial charge < -0.3 is 0 Å². The molecule has 0 spiro atoms. The maximum atomic E-state index is 12.9. The third-order valence-electron chi connectivity index (χ3n) is 4.77. The number of benzene rings is 3. The average Bonchev–Trinajstić information content (AvgIpc) is 2.87. The van der Waals surface area contributed by atoms with Crippen LogP contribution >= 0.6 is 0 Å². The van der Waals surface area contributed by atoms with Gasteiger partial charge >= 0.3 is 0 Å². The molecule has 0 saturated heterocycles. The maximum Gasteiger partial charge on any atom is 0.194 e. The van der Waals surface area contributed by atoms with E-state index in [4.69, 9.17) is 0 Å². The molecule has 1 aliphatic carbocycles. The second-order valence-corrected chi connectivity index (χ2v) is 6.23. The minimum Gasteiger partial charge on any atom is -0.289 e. The van der Waals surface area contributed by atoms with Crippen LogP contribution in [0.15, 0.2) is 83.0 Å². The summed E-state index contributed by atoms with van der Waals surface area (Å²) in [6.45, 7) is 0. The average molecular weight is 322 g/mol. The molecule has 3 heteroatoms. The largest absolute Gasteiger partial charge is 0.289 e. The number of carbonyl (C=O) groups is 1. The minimum absolute atomic E-state index is 0.0537. The smallest absolute Gasteiger partial charge is 0.194 e. The molecule has 0 aromatic heterocycles. The van der Waals surface area contributed by atoms with E-state index in [1.54, 1.807) is 0 Å². The molecule has 0 fully saturated rings. The molecule has 0 bridgehead atoms. The second-order valence-electron chi connectivity index (χ2n) is 6.23. The normalized spacial score (nSPS) is 17.4. The maximum absolute atomic E-state index is 12.9. The third kappa shape index (κ3) is 2.09. The summed E-state index contributed by atoms with van der Waals surface area (Å²) < 4.78 is 0. The summed E-state index contributed by atoms with van der Waals surface area (Å²) in [5.74, 6) is 0.0537. The minimum atomic E-state index is -0.159. The van der Waals surface area contributed by atoms with Crippen LogP contribution < -0.4 is 10.4 Å². The molecule has 1 heterocycles. The van der Waals surface area contributed by atoms with Crippen molar-refractivity contribution in [3.63, 3.8) is 0 Å². The molecular weight excluding hydrogens is 308 g/mol. The van der Waals surface area contributed by atoms with Gasteiger partial charge in [0.25, 0.3) is 0 Å². The van der Waals surface area contributed by atoms with Gasteiger partial charge in [0.15, 0.2) is 5.78 Å². The van der Waals surface area contributed by atoms with E-state index in [-0.39, 0.29) is 11.8 Å². The number of ketones is 1. The van der Waals surface area contributed by atoms with Crippen LogP contribution in [0.3, 0.4) is 0 Å². The van der Waals surface area contributed by atoms with Gasteiger partial charge in [-0.3, -0.25) is 4.79 Å². The van der Waals surface area contributed by atoms with Crippen molar-refractivity contribution in [2.45, 2.75) is 6.04 Å². The molecular formula is C22H14N2O. The highest BCUT2D eigenvalue weighted by atomic mass is 16.1. The van der Waals surface area contributed by atoms with E-state index >= 15 is 0 Å². The van der Waals surface area contributed by atoms with Crippen molar-refractivity contribution < 1.29 is 4.79 Å². The summed E-state index contributed by atoms with van der Waals surface area (Å²) in [6.07, 6.45) is 2.09. The van der Waals surface area contributed by atoms with Crippen molar-refractivity contribution in [2.24, 2.45) is 10.2 Å². The number of nitrogens with zero attached hydrogens (tertiary/aromatic N) is 2. The fourth-order valence-electron chi connectivity index (χ4n) is 3.57. The Balaban J connectivity index is 1.86. The molecule has 1 aliphatic heterocycles. The fraction of sp³-hybridized carbons (Fsp3) is 0.0455. The summed E-state index contributed by atoms with van der Waals surface area (Å²) >= 11 is 0. The number of carbonyl (C=O) groups excluding carboxylic acids is 1. The molecule has 118 valence electrons. The zero-order valence-corrected chi connectivity index (χ0v) is 13.4. The Bertz CT molecular complexity index is 1160. The highest BCUT2D eigenvalue weighted by molar-refractivity contribution is 6.14. The van der Waals surface area contributed by atoms with Gasteiger partial charge in [-0.05, 0) is 16.9 Å². The Hall–Kier alpha value is -3.33. The topological polar surface area (TPSA) is 41.8 Å². The second kappa shape index (κ2) is 5.35. The molecule has 3 aromatic rings. The van der Waals surface area contributed by atoms with Gasteiger partial charge in [0.05, 0.1) is 0 Å². The van der Waals surface area contributed by atoms with Crippen molar-refractivity contribution >= 4 is 17.6 Å². The number of hydrogen-bond acceptors (Lipinski definition) is 3. The first-order chi connectivity index (χ1) is 12.3. The van der Waals surface area contributed by atoms with Crippen molar-refractivity contribution in [3.8, 4) is 0 Å². The molecule has 0 radical (unpaired) electrons. The molecule has 1 atom stereocenters. The molecule has 0 N–H and O–H groups in total. The quantitative estimate of drug-likeness (QED) is 0.677. The molecule has 2 aliphatic rings. The van der Waals surface area contributed by atoms with Crippen molar-refractivity contribution in [1.82, 2.24) is 0 Å². The van der Waals surface area contributed by atoms with Crippen molar-refractivity contribution in [1.29, 1.82) is 0 Å². The van der Waals surface area contributed by atoms with Gasteiger partial charge in [0.1, 0.15) is 11.7 Å². The third-order valence-corrected chi connectivity index (χ3v) is 4.77. The Labute approximate surface area is 144 Å². The first-order valence-electron chi connectivity index (χ1n) is 8.28. The first-order valence-corrected chi connectivity index (χ1v) is 8.28. The van der Waals surface area contributed by atoms with Gasteiger partial charge in [0, 0.05) is 21.9 Å². The SMILES string of the molecule is O=C1c2ccccc2C2=c3c1cccc3=CC(c1ccccc1)N=N2. The zero-order valence-electron chi connectivity index (χ0n) is 13.4. The van der Waals surface area contributed by atoms with Crippen LogP contribution in [-0.2, 0) is 0 Å². The summed E-state index contributed by atoms with van der Waals surface area (Å²) in [6, 6.07) is 23.4. The number of fused-ring (bicyclic) bond motifs is 2. The predicted molar refractivity (Wildman–Crippen MR) is 96.6 cm³/mol. The predicted octanol–water partition coefficient (Wildman–Crippen LogP) is 3.38. The number of rotatable bonds is 1. The molecule has 0 saturated carbocycles. The van der Waals surface area contributed by atoms with Gasteiger partial charge in [-0.1, -0.05) is 72.8 Å². The van der Waals surface area contributed by atoms with Crippen LogP contribution in [0, 0.1) is 0 Å². The molecule has 3 nitrogen and oxygen atoms in total. The highest BCUT2D eigenvalue weighted by Crippen LogP contribution is 2.28. The first kappa shape index (κ1) is 14.1. The lowest BCUT2D eigenvalue weighted by molar-refractivity contribution is 0.103. The Morgan fingerprint density at radius 2 is 1.44 bits per heavy atom. The van der Waals surface area contributed by atoms with E-state index in [0.717, 1.165) is 27.3 Å². The zero-order chi connectivity index (χ0) is 16.8. The van der Waals surface area contributed by atoms with Crippen LogP contribution in [0.4, 0.5) is 0 Å². The standard InChI is InChI=1S/C22H14N2O/c25-22-17-11-5-4-10-16(17)21-20-15(9-6-12-18(20)22)13-19(23-24-21)14-7-2-1-3-8-14/h1-13,19H. The van der Waals surface area contributed by atoms with E-state index in [1.165, 1.54) is 0 Å². The van der Waals surface area contributed by atoms with E-state index in [0.29, 0.717) is 11.1 Å². The number of hydrogen-bond donors (Lipinski definition) is 0. The van der Waals surface area contributed by atoms with Crippen molar-refractivity contribution in [2.75, 3.05) is 0 Å². The van der Waals surface area contributed by atoms with Crippen LogP contribution in [0.1, 0.15) is 33.1 Å². The molecule has 1 unspecified atom stereocenters. The monoisotopic (exact) mass is 322 g/mol. The lowest BCUT2D eigenvalue weighted by atomic mass is 9.88. The summed E-state index contributed by atoms with van der Waals surface area (Å²) in [5.41, 5.74) is 4.13. The highest BCUT2D eigenvalue weighted by Gasteiger charge is 2.25. The summed E-state index contributed by atoms with van der Waals surface area (Å²) in [5, 5.41) is 11.1. The van der Waals surface area contributed by atoms with Gasteiger partial charge in [-0.25, -0.2) is 0 Å². The Morgan fingerprint density at radius 3 is 2.28 bits per heavy atom. The molecule has 5 rings (SSSR count). The van der Waals surface area contributed by atoms with Gasteiger partial charge in [-0.15, -0.1) is 0 Å². The van der Waals surface area contributed by atoms with E-state index in [2.05, 4.69) is 16.3 Å². The molecule has 3 aromatic carbocycles. The van der Waals surface area contributed by atoms with Gasteiger partial charge in [0.2, 0.25) is 0 Å². The van der Waals surface area contributed by atoms with Crippen LogP contribution in [0.2, 0.25) is 0 Å². The lowest BCUT2D eigenvalue weighted by Crippen LogP contribution is -2.36. The van der Waals surface area contributed by atoms with Crippen LogP contribution in [0.5, 0.6) is 0 Å². The van der Waals surface area contributed by atoms with E-state index in [9.17, 15) is 4.79 Å². The number of azo groups is 1. The summed E-state index contributed by atoms with van der Waals surface area (Å²) in [7, 11) is 0. The van der Waals surface area contributed by atoms with E-state index in [1.807, 2.05) is 72.8 Å². The van der Waals surface area contributed by atoms with E-state index < -0.39 is 0 Å². The molecule has 0 amide bonds. The fourth-order valence-corrected chi connectivity index (χ4v) is 3.57. The Morgan fingerprint density at radius 1 is 0.720 bits per heavy atom. The van der Waals surface area contributed by atoms with Gasteiger partial charge in [-0.2, -0.15) is 10.2 Å². The Kier molecular flexibility index (Phi) is 3.01. The van der Waals surface area contributed by atoms with Crippen LogP contribution in [0.25, 0.3) is 11.8 Å².